The third kappa shape index (κ3) is 15.5. The molecular weight excluding hydrogens is 244 g/mol. The highest BCUT2D eigenvalue weighted by Crippen LogP contribution is 2.02. The van der Waals surface area contributed by atoms with Gasteiger partial charge in [0, 0.05) is 5.88 Å². The van der Waals surface area contributed by atoms with Gasteiger partial charge in [0.05, 0.1) is 13.2 Å². The highest BCUT2D eigenvalue weighted by atomic mass is 35.5. The molecule has 0 N–H and O–H groups in total. The number of halogens is 1. The van der Waals surface area contributed by atoms with Crippen LogP contribution >= 0.6 is 11.6 Å². The number of hydrogen-bond donors (Lipinski definition) is 0. The van der Waals surface area contributed by atoms with E-state index in [1.165, 1.54) is 32.1 Å². The Balaban J connectivity index is 3.19. The first-order chi connectivity index (χ1) is 8.91. The lowest BCUT2D eigenvalue weighted by molar-refractivity contribution is 0.167. The van der Waals surface area contributed by atoms with E-state index in [-0.39, 0.29) is 0 Å². The number of ether oxygens (including phenoxy) is 1. The first-order valence-electron chi connectivity index (χ1n) is 7.10. The monoisotopic (exact) mass is 270 g/mol. The Morgan fingerprint density at radius 2 is 1.83 bits per heavy atom. The Bertz CT molecular complexity index is 239. The smallest absolute Gasteiger partial charge is 0.0647 e. The molecular formula is C16H27ClO. The zero-order valence-electron chi connectivity index (χ0n) is 11.7. The van der Waals surface area contributed by atoms with E-state index in [9.17, 15) is 0 Å². The normalized spacial score (nSPS) is 10.6. The second-order valence-electron chi connectivity index (χ2n) is 4.24. The molecule has 0 unspecified atom stereocenters. The van der Waals surface area contributed by atoms with Crippen molar-refractivity contribution >= 4 is 11.6 Å². The second-order valence-corrected chi connectivity index (χ2v) is 4.61. The summed E-state index contributed by atoms with van der Waals surface area (Å²) in [5.41, 5.74) is 3.08. The van der Waals surface area contributed by atoms with Gasteiger partial charge in [-0.25, -0.2) is 0 Å². The summed E-state index contributed by atoms with van der Waals surface area (Å²) in [5.74, 6) is 0.667. The average Bonchev–Trinajstić information content (AvgIpc) is 2.39. The molecule has 0 aromatic heterocycles. The SMILES string of the molecule is CCCCCCC=CCOCCC=C=CCCCl. The summed E-state index contributed by atoms with van der Waals surface area (Å²) in [6, 6.07) is 0. The highest BCUT2D eigenvalue weighted by Gasteiger charge is 1.85. The Morgan fingerprint density at radius 1 is 1.00 bits per heavy atom. The van der Waals surface area contributed by atoms with Crippen LogP contribution in [0.4, 0.5) is 0 Å². The summed E-state index contributed by atoms with van der Waals surface area (Å²) in [7, 11) is 0. The lowest BCUT2D eigenvalue weighted by Crippen LogP contribution is -1.92. The first-order valence-corrected chi connectivity index (χ1v) is 7.63. The van der Waals surface area contributed by atoms with E-state index in [0.29, 0.717) is 5.88 Å². The molecule has 0 atom stereocenters. The van der Waals surface area contributed by atoms with Gasteiger partial charge >= 0.3 is 0 Å². The van der Waals surface area contributed by atoms with E-state index in [2.05, 4.69) is 24.8 Å². The van der Waals surface area contributed by atoms with Gasteiger partial charge in [-0.1, -0.05) is 38.3 Å². The summed E-state index contributed by atoms with van der Waals surface area (Å²) < 4.78 is 5.47. The topological polar surface area (TPSA) is 9.23 Å². The lowest BCUT2D eigenvalue weighted by atomic mass is 10.1. The van der Waals surface area contributed by atoms with Gasteiger partial charge in [0.2, 0.25) is 0 Å². The van der Waals surface area contributed by atoms with Gasteiger partial charge in [-0.2, -0.15) is 0 Å². The molecule has 0 aromatic rings. The molecule has 0 saturated carbocycles. The van der Waals surface area contributed by atoms with Crippen molar-refractivity contribution in [3.8, 4) is 0 Å². The molecule has 0 amide bonds. The Hall–Kier alpha value is -0.490. The van der Waals surface area contributed by atoms with Crippen LogP contribution in [0.25, 0.3) is 0 Å². The molecule has 0 aromatic carbocycles. The Morgan fingerprint density at radius 3 is 2.61 bits per heavy atom. The van der Waals surface area contributed by atoms with Gasteiger partial charge in [-0.05, 0) is 37.8 Å². The standard InChI is InChI=1S/C16H27ClO/c1-2-3-4-5-6-9-12-15-18-16-13-10-7-8-11-14-17/h8-10,12H,2-6,11,13-16H2,1H3. The first kappa shape index (κ1) is 17.5. The summed E-state index contributed by atoms with van der Waals surface area (Å²) in [6.07, 6.45) is 16.6. The van der Waals surface area contributed by atoms with Crippen LogP contribution in [0.15, 0.2) is 30.0 Å². The van der Waals surface area contributed by atoms with Crippen molar-refractivity contribution < 1.29 is 4.74 Å². The van der Waals surface area contributed by atoms with Crippen LogP contribution in [0.2, 0.25) is 0 Å². The average molecular weight is 271 g/mol. The predicted octanol–water partition coefficient (Wildman–Crippen LogP) is 5.26. The van der Waals surface area contributed by atoms with Gasteiger partial charge in [-0.3, -0.25) is 0 Å². The molecule has 1 nitrogen and oxygen atoms in total. The van der Waals surface area contributed by atoms with Gasteiger partial charge in [0.15, 0.2) is 0 Å². The van der Waals surface area contributed by atoms with Crippen molar-refractivity contribution in [2.75, 3.05) is 19.1 Å². The van der Waals surface area contributed by atoms with Gasteiger partial charge in [0.25, 0.3) is 0 Å². The summed E-state index contributed by atoms with van der Waals surface area (Å²) in [4.78, 5) is 0. The van der Waals surface area contributed by atoms with E-state index in [1.54, 1.807) is 0 Å². The molecule has 0 bridgehead atoms. The zero-order chi connectivity index (χ0) is 13.3. The molecule has 18 heavy (non-hydrogen) atoms. The fourth-order valence-corrected chi connectivity index (χ4v) is 1.58. The van der Waals surface area contributed by atoms with Crippen molar-refractivity contribution in [1.82, 2.24) is 0 Å². The summed E-state index contributed by atoms with van der Waals surface area (Å²) in [6.45, 7) is 3.73. The minimum absolute atomic E-state index is 0.667. The zero-order valence-corrected chi connectivity index (χ0v) is 12.4. The molecule has 0 rings (SSSR count). The van der Waals surface area contributed by atoms with E-state index in [0.717, 1.165) is 26.1 Å². The number of allylic oxidation sites excluding steroid dienone is 1. The number of rotatable bonds is 12. The fraction of sp³-hybridized carbons (Fsp3) is 0.688. The van der Waals surface area contributed by atoms with Crippen LogP contribution < -0.4 is 0 Å². The number of unbranched alkanes of at least 4 members (excludes halogenated alkanes) is 4. The molecule has 0 aliphatic carbocycles. The van der Waals surface area contributed by atoms with Crippen molar-refractivity contribution in [3.63, 3.8) is 0 Å². The van der Waals surface area contributed by atoms with Crippen molar-refractivity contribution in [1.29, 1.82) is 0 Å². The maximum atomic E-state index is 5.54. The third-order valence-electron chi connectivity index (χ3n) is 2.50. The minimum atomic E-state index is 0.667. The van der Waals surface area contributed by atoms with Gasteiger partial charge in [-0.15, -0.1) is 17.3 Å². The van der Waals surface area contributed by atoms with Gasteiger partial charge in [0.1, 0.15) is 0 Å². The molecule has 0 aliphatic heterocycles. The molecule has 0 fully saturated rings. The Kier molecular flexibility index (Phi) is 16.1. The summed E-state index contributed by atoms with van der Waals surface area (Å²) >= 11 is 5.54. The fourth-order valence-electron chi connectivity index (χ4n) is 1.47. The van der Waals surface area contributed by atoms with Crippen molar-refractivity contribution in [2.24, 2.45) is 0 Å². The van der Waals surface area contributed by atoms with Crippen LogP contribution in [-0.4, -0.2) is 19.1 Å². The van der Waals surface area contributed by atoms with E-state index >= 15 is 0 Å². The van der Waals surface area contributed by atoms with E-state index in [1.807, 2.05) is 12.2 Å². The quantitative estimate of drug-likeness (QED) is 0.203. The number of hydrogen-bond acceptors (Lipinski definition) is 1. The largest absolute Gasteiger partial charge is 0.377 e. The van der Waals surface area contributed by atoms with Crippen LogP contribution in [0, 0.1) is 0 Å². The molecule has 0 heterocycles. The molecule has 0 aliphatic rings. The third-order valence-corrected chi connectivity index (χ3v) is 2.72. The van der Waals surface area contributed by atoms with Gasteiger partial charge < -0.3 is 4.74 Å². The molecule has 2 heteroatoms. The highest BCUT2D eigenvalue weighted by molar-refractivity contribution is 6.17. The van der Waals surface area contributed by atoms with E-state index in [4.69, 9.17) is 16.3 Å². The van der Waals surface area contributed by atoms with E-state index < -0.39 is 0 Å². The summed E-state index contributed by atoms with van der Waals surface area (Å²) in [5, 5.41) is 0. The molecule has 0 saturated heterocycles. The molecule has 0 spiro atoms. The van der Waals surface area contributed by atoms with Crippen LogP contribution in [0.3, 0.4) is 0 Å². The minimum Gasteiger partial charge on any atom is -0.377 e. The number of alkyl halides is 1. The molecule has 0 radical (unpaired) electrons. The molecule has 104 valence electrons. The second kappa shape index (κ2) is 16.5. The maximum Gasteiger partial charge on any atom is 0.0647 e. The Labute approximate surface area is 118 Å². The van der Waals surface area contributed by atoms with Crippen LogP contribution in [0.1, 0.15) is 51.9 Å². The van der Waals surface area contributed by atoms with Crippen molar-refractivity contribution in [2.45, 2.75) is 51.9 Å². The van der Waals surface area contributed by atoms with Crippen LogP contribution in [-0.2, 0) is 4.74 Å². The maximum absolute atomic E-state index is 5.54. The van der Waals surface area contributed by atoms with Crippen LogP contribution in [0.5, 0.6) is 0 Å². The lowest BCUT2D eigenvalue weighted by Gasteiger charge is -1.97. The predicted molar refractivity (Wildman–Crippen MR) is 81.3 cm³/mol. The van der Waals surface area contributed by atoms with Crippen molar-refractivity contribution in [3.05, 3.63) is 30.0 Å².